The van der Waals surface area contributed by atoms with Gasteiger partial charge in [-0.05, 0) is 31.9 Å². The van der Waals surface area contributed by atoms with E-state index in [9.17, 15) is 0 Å². The Hall–Kier alpha value is -1.51. The van der Waals surface area contributed by atoms with Crippen LogP contribution in [0.25, 0.3) is 0 Å². The Bertz CT molecular complexity index is 367. The average molecular weight is 189 g/mol. The second-order valence-corrected chi connectivity index (χ2v) is 3.88. The van der Waals surface area contributed by atoms with E-state index in [1.54, 1.807) is 0 Å². The third-order valence-electron chi connectivity index (χ3n) is 2.40. The lowest BCUT2D eigenvalue weighted by atomic mass is 10.1. The van der Waals surface area contributed by atoms with Crippen LogP contribution >= 0.6 is 0 Å². The molecule has 0 amide bonds. The van der Waals surface area contributed by atoms with Gasteiger partial charge in [0.15, 0.2) is 0 Å². The number of nitrogen functional groups attached to an aromatic ring is 1. The first-order valence-corrected chi connectivity index (χ1v) is 4.88. The number of hydrogen-bond donors (Lipinski definition) is 3. The quantitative estimate of drug-likeness (QED) is 0.502. The summed E-state index contributed by atoms with van der Waals surface area (Å²) in [5.41, 5.74) is 8.47. The lowest BCUT2D eigenvalue weighted by Gasteiger charge is -2.10. The van der Waals surface area contributed by atoms with Gasteiger partial charge in [0.1, 0.15) is 5.84 Å². The second-order valence-electron chi connectivity index (χ2n) is 3.88. The Morgan fingerprint density at radius 3 is 2.79 bits per heavy atom. The smallest absolute Gasteiger partial charge is 0.124 e. The number of hydrogen-bond acceptors (Lipinski definition) is 2. The Labute approximate surface area is 83.8 Å². The average Bonchev–Trinajstić information content (AvgIpc) is 2.91. The van der Waals surface area contributed by atoms with Gasteiger partial charge < -0.3 is 11.1 Å². The van der Waals surface area contributed by atoms with Gasteiger partial charge in [0.2, 0.25) is 0 Å². The van der Waals surface area contributed by atoms with Crippen LogP contribution in [0.2, 0.25) is 0 Å². The number of nitrogens with two attached hydrogens (primary N) is 1. The van der Waals surface area contributed by atoms with Crippen molar-refractivity contribution >= 4 is 11.5 Å². The Morgan fingerprint density at radius 1 is 1.50 bits per heavy atom. The van der Waals surface area contributed by atoms with Gasteiger partial charge in [0, 0.05) is 17.3 Å². The number of aryl methyl sites for hydroxylation is 1. The summed E-state index contributed by atoms with van der Waals surface area (Å²) < 4.78 is 0. The first-order valence-electron chi connectivity index (χ1n) is 4.88. The molecule has 1 aromatic rings. The SMILES string of the molecule is Cc1ccc(NC2CC2)c(C(=N)N)c1. The lowest BCUT2D eigenvalue weighted by molar-refractivity contribution is 1.15. The van der Waals surface area contributed by atoms with Crippen LogP contribution in [-0.2, 0) is 0 Å². The maximum absolute atomic E-state index is 7.48. The van der Waals surface area contributed by atoms with Crippen molar-refractivity contribution in [1.29, 1.82) is 5.41 Å². The minimum Gasteiger partial charge on any atom is -0.384 e. The second kappa shape index (κ2) is 3.33. The molecule has 3 nitrogen and oxygen atoms in total. The van der Waals surface area contributed by atoms with Gasteiger partial charge in [0.25, 0.3) is 0 Å². The highest BCUT2D eigenvalue weighted by Crippen LogP contribution is 2.27. The Morgan fingerprint density at radius 2 is 2.21 bits per heavy atom. The van der Waals surface area contributed by atoms with Gasteiger partial charge in [-0.1, -0.05) is 11.6 Å². The van der Waals surface area contributed by atoms with Crippen molar-refractivity contribution in [1.82, 2.24) is 0 Å². The van der Waals surface area contributed by atoms with Crippen molar-refractivity contribution in [3.63, 3.8) is 0 Å². The van der Waals surface area contributed by atoms with Gasteiger partial charge in [-0.15, -0.1) is 0 Å². The minimum absolute atomic E-state index is 0.136. The van der Waals surface area contributed by atoms with Gasteiger partial charge in [-0.2, -0.15) is 0 Å². The molecule has 0 bridgehead atoms. The first kappa shape index (κ1) is 9.06. The molecule has 74 valence electrons. The van der Waals surface area contributed by atoms with Crippen LogP contribution in [-0.4, -0.2) is 11.9 Å². The van der Waals surface area contributed by atoms with E-state index >= 15 is 0 Å². The van der Waals surface area contributed by atoms with E-state index in [0.717, 1.165) is 16.8 Å². The Kier molecular flexibility index (Phi) is 2.15. The van der Waals surface area contributed by atoms with E-state index in [-0.39, 0.29) is 5.84 Å². The van der Waals surface area contributed by atoms with Crippen LogP contribution < -0.4 is 11.1 Å². The fourth-order valence-corrected chi connectivity index (χ4v) is 1.45. The van der Waals surface area contributed by atoms with Gasteiger partial charge in [-0.25, -0.2) is 0 Å². The number of rotatable bonds is 3. The fraction of sp³-hybridized carbons (Fsp3) is 0.364. The zero-order chi connectivity index (χ0) is 10.1. The summed E-state index contributed by atoms with van der Waals surface area (Å²) in [6, 6.07) is 6.59. The summed E-state index contributed by atoms with van der Waals surface area (Å²) in [4.78, 5) is 0. The predicted octanol–water partition coefficient (Wildman–Crippen LogP) is 1.85. The molecule has 0 unspecified atom stereocenters. The highest BCUT2D eigenvalue weighted by molar-refractivity contribution is 6.00. The normalized spacial score (nSPS) is 15.2. The summed E-state index contributed by atoms with van der Waals surface area (Å²) in [6.45, 7) is 2.01. The molecule has 0 radical (unpaired) electrons. The molecule has 1 saturated carbocycles. The standard InChI is InChI=1S/C11H15N3/c1-7-2-5-10(14-8-3-4-8)9(6-7)11(12)13/h2,5-6,8,14H,3-4H2,1H3,(H3,12,13). The number of amidine groups is 1. The van der Waals surface area contributed by atoms with Crippen molar-refractivity contribution in [2.75, 3.05) is 5.32 Å². The molecule has 14 heavy (non-hydrogen) atoms. The number of anilines is 1. The van der Waals surface area contributed by atoms with Crippen LogP contribution in [0, 0.1) is 12.3 Å². The molecule has 0 heterocycles. The topological polar surface area (TPSA) is 61.9 Å². The van der Waals surface area contributed by atoms with Gasteiger partial charge >= 0.3 is 0 Å². The summed E-state index contributed by atoms with van der Waals surface area (Å²) >= 11 is 0. The fourth-order valence-electron chi connectivity index (χ4n) is 1.45. The summed E-state index contributed by atoms with van der Waals surface area (Å²) in [7, 11) is 0. The maximum atomic E-state index is 7.48. The summed E-state index contributed by atoms with van der Waals surface area (Å²) in [5, 5.41) is 10.8. The van der Waals surface area contributed by atoms with Crippen LogP contribution in [0.5, 0.6) is 0 Å². The lowest BCUT2D eigenvalue weighted by Crippen LogP contribution is -2.15. The zero-order valence-electron chi connectivity index (χ0n) is 8.30. The van der Waals surface area contributed by atoms with E-state index in [4.69, 9.17) is 11.1 Å². The maximum Gasteiger partial charge on any atom is 0.124 e. The van der Waals surface area contributed by atoms with Crippen LogP contribution in [0.1, 0.15) is 24.0 Å². The van der Waals surface area contributed by atoms with Crippen LogP contribution in [0.3, 0.4) is 0 Å². The molecule has 0 aliphatic heterocycles. The molecule has 0 spiro atoms. The largest absolute Gasteiger partial charge is 0.384 e. The highest BCUT2D eigenvalue weighted by atomic mass is 15.0. The molecule has 3 heteroatoms. The molecule has 1 aromatic carbocycles. The van der Waals surface area contributed by atoms with Gasteiger partial charge in [-0.3, -0.25) is 5.41 Å². The van der Waals surface area contributed by atoms with E-state index in [0.29, 0.717) is 6.04 Å². The van der Waals surface area contributed by atoms with E-state index in [1.807, 2.05) is 25.1 Å². The summed E-state index contributed by atoms with van der Waals surface area (Å²) in [5.74, 6) is 0.136. The molecule has 0 atom stereocenters. The van der Waals surface area contributed by atoms with Crippen LogP contribution in [0.4, 0.5) is 5.69 Å². The number of nitrogens with one attached hydrogen (secondary N) is 2. The van der Waals surface area contributed by atoms with E-state index in [1.165, 1.54) is 12.8 Å². The summed E-state index contributed by atoms with van der Waals surface area (Å²) in [6.07, 6.45) is 2.45. The molecular formula is C11H15N3. The molecule has 1 aliphatic rings. The molecule has 2 rings (SSSR count). The van der Waals surface area contributed by atoms with Crippen molar-refractivity contribution in [3.05, 3.63) is 29.3 Å². The van der Waals surface area contributed by atoms with Crippen molar-refractivity contribution in [2.24, 2.45) is 5.73 Å². The zero-order valence-corrected chi connectivity index (χ0v) is 8.30. The van der Waals surface area contributed by atoms with Crippen molar-refractivity contribution in [2.45, 2.75) is 25.8 Å². The highest BCUT2D eigenvalue weighted by Gasteiger charge is 2.22. The molecule has 1 fully saturated rings. The molecule has 0 saturated heterocycles. The van der Waals surface area contributed by atoms with Crippen LogP contribution in [0.15, 0.2) is 18.2 Å². The van der Waals surface area contributed by atoms with Crippen molar-refractivity contribution < 1.29 is 0 Å². The van der Waals surface area contributed by atoms with E-state index < -0.39 is 0 Å². The minimum atomic E-state index is 0.136. The Balaban J connectivity index is 2.31. The molecule has 0 aromatic heterocycles. The number of benzene rings is 1. The predicted molar refractivity (Wildman–Crippen MR) is 58.8 cm³/mol. The van der Waals surface area contributed by atoms with Gasteiger partial charge in [0.05, 0.1) is 0 Å². The first-order chi connectivity index (χ1) is 6.66. The third kappa shape index (κ3) is 1.87. The third-order valence-corrected chi connectivity index (χ3v) is 2.40. The molecule has 4 N–H and O–H groups in total. The van der Waals surface area contributed by atoms with Crippen molar-refractivity contribution in [3.8, 4) is 0 Å². The monoisotopic (exact) mass is 189 g/mol. The molecule has 1 aliphatic carbocycles. The van der Waals surface area contributed by atoms with E-state index in [2.05, 4.69) is 5.32 Å². The molecular weight excluding hydrogens is 174 g/mol.